The lowest BCUT2D eigenvalue weighted by Crippen LogP contribution is -2.39. The molecule has 0 spiro atoms. The van der Waals surface area contributed by atoms with Crippen molar-refractivity contribution in [3.05, 3.63) is 41.0 Å². The highest BCUT2D eigenvalue weighted by molar-refractivity contribution is 5.47. The molecule has 4 rings (SSSR count). The predicted octanol–water partition coefficient (Wildman–Crippen LogP) is 3.53. The van der Waals surface area contributed by atoms with Crippen molar-refractivity contribution in [2.45, 2.75) is 51.0 Å². The van der Waals surface area contributed by atoms with E-state index < -0.39 is 0 Å². The van der Waals surface area contributed by atoms with Crippen LogP contribution in [-0.2, 0) is 6.42 Å². The minimum Gasteiger partial charge on any atom is -0.508 e. The van der Waals surface area contributed by atoms with Crippen LogP contribution in [0, 0.1) is 11.3 Å². The topological polar surface area (TPSA) is 40.5 Å². The van der Waals surface area contributed by atoms with Crippen molar-refractivity contribution in [1.82, 2.24) is 0 Å². The number of aliphatic hydroxyl groups is 1. The van der Waals surface area contributed by atoms with E-state index in [1.165, 1.54) is 11.1 Å². The van der Waals surface area contributed by atoms with Gasteiger partial charge >= 0.3 is 0 Å². The summed E-state index contributed by atoms with van der Waals surface area (Å²) in [5.74, 6) is 1.44. The Morgan fingerprint density at radius 2 is 2.05 bits per heavy atom. The van der Waals surface area contributed by atoms with E-state index in [1.807, 2.05) is 12.1 Å². The molecule has 1 aromatic carbocycles. The van der Waals surface area contributed by atoms with Crippen LogP contribution in [-0.4, -0.2) is 16.3 Å². The van der Waals surface area contributed by atoms with Gasteiger partial charge in [-0.25, -0.2) is 0 Å². The number of aliphatic hydroxyl groups excluding tert-OH is 1. The molecule has 0 bridgehead atoms. The minimum atomic E-state index is -0.129. The zero-order chi connectivity index (χ0) is 13.9. The second-order valence-corrected chi connectivity index (χ2v) is 7.03. The summed E-state index contributed by atoms with van der Waals surface area (Å²) < 4.78 is 0. The van der Waals surface area contributed by atoms with Crippen molar-refractivity contribution in [1.29, 1.82) is 0 Å². The van der Waals surface area contributed by atoms with E-state index in [1.54, 1.807) is 5.57 Å². The third-order valence-corrected chi connectivity index (χ3v) is 6.12. The summed E-state index contributed by atoms with van der Waals surface area (Å²) in [7, 11) is 0. The third kappa shape index (κ3) is 1.54. The smallest absolute Gasteiger partial charge is 0.115 e. The van der Waals surface area contributed by atoms with Crippen molar-refractivity contribution in [2.24, 2.45) is 11.3 Å². The van der Waals surface area contributed by atoms with Crippen molar-refractivity contribution < 1.29 is 10.2 Å². The van der Waals surface area contributed by atoms with Gasteiger partial charge in [0.2, 0.25) is 0 Å². The van der Waals surface area contributed by atoms with Gasteiger partial charge in [-0.15, -0.1) is 0 Å². The fourth-order valence-electron chi connectivity index (χ4n) is 4.93. The highest BCUT2D eigenvalue weighted by Crippen LogP contribution is 2.59. The molecule has 106 valence electrons. The van der Waals surface area contributed by atoms with Crippen LogP contribution < -0.4 is 0 Å². The van der Waals surface area contributed by atoms with Gasteiger partial charge in [-0.3, -0.25) is 0 Å². The zero-order valence-electron chi connectivity index (χ0n) is 12.0. The zero-order valence-corrected chi connectivity index (χ0v) is 12.0. The van der Waals surface area contributed by atoms with Gasteiger partial charge in [-0.2, -0.15) is 0 Å². The molecule has 2 heteroatoms. The molecule has 3 aliphatic rings. The SMILES string of the molecule is C[C@@]12CC[C@H]3C(=CCc4cc(O)ccc43)[C@@H]1CC[C@@H]2O. The van der Waals surface area contributed by atoms with Crippen molar-refractivity contribution >= 4 is 0 Å². The molecule has 1 aromatic rings. The van der Waals surface area contributed by atoms with Crippen LogP contribution in [0.2, 0.25) is 0 Å². The Labute approximate surface area is 120 Å². The van der Waals surface area contributed by atoms with E-state index in [9.17, 15) is 10.2 Å². The maximum Gasteiger partial charge on any atom is 0.115 e. The van der Waals surface area contributed by atoms with Gasteiger partial charge in [0, 0.05) is 11.3 Å². The number of benzene rings is 1. The molecule has 2 N–H and O–H groups in total. The monoisotopic (exact) mass is 270 g/mol. The Morgan fingerprint density at radius 1 is 1.20 bits per heavy atom. The van der Waals surface area contributed by atoms with Crippen LogP contribution in [0.25, 0.3) is 0 Å². The number of aromatic hydroxyl groups is 1. The van der Waals surface area contributed by atoms with E-state index >= 15 is 0 Å². The van der Waals surface area contributed by atoms with Crippen molar-refractivity contribution in [2.75, 3.05) is 0 Å². The van der Waals surface area contributed by atoms with E-state index in [0.29, 0.717) is 17.6 Å². The van der Waals surface area contributed by atoms with Crippen molar-refractivity contribution in [3.8, 4) is 5.75 Å². The van der Waals surface area contributed by atoms with Gasteiger partial charge in [-0.1, -0.05) is 24.6 Å². The normalized spacial score (nSPS) is 38.7. The molecule has 0 amide bonds. The number of fused-ring (bicyclic) bond motifs is 5. The molecule has 0 radical (unpaired) electrons. The summed E-state index contributed by atoms with van der Waals surface area (Å²) in [6, 6.07) is 5.84. The molecule has 0 aromatic heterocycles. The van der Waals surface area contributed by atoms with E-state index in [0.717, 1.165) is 32.1 Å². The second-order valence-electron chi connectivity index (χ2n) is 7.03. The molecular weight excluding hydrogens is 248 g/mol. The van der Waals surface area contributed by atoms with Crippen LogP contribution in [0.4, 0.5) is 0 Å². The highest BCUT2D eigenvalue weighted by atomic mass is 16.3. The first-order valence-corrected chi connectivity index (χ1v) is 7.79. The summed E-state index contributed by atoms with van der Waals surface area (Å²) in [5, 5.41) is 20.0. The second kappa shape index (κ2) is 4.11. The number of allylic oxidation sites excluding steroid dienone is 2. The lowest BCUT2D eigenvalue weighted by molar-refractivity contribution is 0.0267. The lowest BCUT2D eigenvalue weighted by atomic mass is 9.59. The van der Waals surface area contributed by atoms with Crippen LogP contribution in [0.1, 0.15) is 49.7 Å². The molecular formula is C18H22O2. The first-order valence-electron chi connectivity index (χ1n) is 7.79. The largest absolute Gasteiger partial charge is 0.508 e. The van der Waals surface area contributed by atoms with Crippen LogP contribution in [0.15, 0.2) is 29.8 Å². The standard InChI is InChI=1S/C18H22O2/c1-18-9-8-14-13-5-3-12(19)10-11(13)2-4-15(14)16(18)6-7-17(18)20/h3-5,10,14,16-17,19-20H,2,6-9H2,1H3/t14-,16+,17+,18-/m1/s1. The van der Waals surface area contributed by atoms with Gasteiger partial charge in [0.1, 0.15) is 5.75 Å². The van der Waals surface area contributed by atoms with Crippen LogP contribution in [0.5, 0.6) is 5.75 Å². The van der Waals surface area contributed by atoms with E-state index in [2.05, 4.69) is 19.1 Å². The van der Waals surface area contributed by atoms with Gasteiger partial charge in [-0.05, 0) is 61.3 Å². The van der Waals surface area contributed by atoms with Crippen LogP contribution >= 0.6 is 0 Å². The average molecular weight is 270 g/mol. The molecule has 4 atom stereocenters. The highest BCUT2D eigenvalue weighted by Gasteiger charge is 2.51. The summed E-state index contributed by atoms with van der Waals surface area (Å²) in [6.07, 6.45) is 7.51. The first-order chi connectivity index (χ1) is 9.59. The number of phenols is 1. The summed E-state index contributed by atoms with van der Waals surface area (Å²) >= 11 is 0. The molecule has 0 saturated heterocycles. The van der Waals surface area contributed by atoms with Crippen molar-refractivity contribution in [3.63, 3.8) is 0 Å². The molecule has 2 nitrogen and oxygen atoms in total. The molecule has 2 saturated carbocycles. The summed E-state index contributed by atoms with van der Waals surface area (Å²) in [6.45, 7) is 2.28. The fraction of sp³-hybridized carbons (Fsp3) is 0.556. The maximum absolute atomic E-state index is 10.3. The molecule has 20 heavy (non-hydrogen) atoms. The molecule has 3 aliphatic carbocycles. The number of hydrogen-bond acceptors (Lipinski definition) is 2. The number of phenolic OH excluding ortho intramolecular Hbond substituents is 1. The first kappa shape index (κ1) is 12.5. The number of rotatable bonds is 0. The quantitative estimate of drug-likeness (QED) is 0.708. The lowest BCUT2D eigenvalue weighted by Gasteiger charge is -2.46. The molecule has 0 aliphatic heterocycles. The Kier molecular flexibility index (Phi) is 2.56. The average Bonchev–Trinajstić information content (AvgIpc) is 2.74. The minimum absolute atomic E-state index is 0.0940. The van der Waals surface area contributed by atoms with Crippen LogP contribution in [0.3, 0.4) is 0 Å². The summed E-state index contributed by atoms with van der Waals surface area (Å²) in [4.78, 5) is 0. The van der Waals surface area contributed by atoms with Gasteiger partial charge in [0.15, 0.2) is 0 Å². The Bertz CT molecular complexity index is 589. The van der Waals surface area contributed by atoms with Gasteiger partial charge in [0.25, 0.3) is 0 Å². The Morgan fingerprint density at radius 3 is 2.90 bits per heavy atom. The molecule has 2 fully saturated rings. The predicted molar refractivity (Wildman–Crippen MR) is 78.7 cm³/mol. The fourth-order valence-corrected chi connectivity index (χ4v) is 4.93. The van der Waals surface area contributed by atoms with E-state index in [-0.39, 0.29) is 11.5 Å². The van der Waals surface area contributed by atoms with E-state index in [4.69, 9.17) is 0 Å². The Balaban J connectivity index is 1.76. The number of hydrogen-bond donors (Lipinski definition) is 2. The Hall–Kier alpha value is -1.28. The summed E-state index contributed by atoms with van der Waals surface area (Å²) in [5.41, 5.74) is 4.34. The third-order valence-electron chi connectivity index (χ3n) is 6.12. The van der Waals surface area contributed by atoms with Gasteiger partial charge < -0.3 is 10.2 Å². The molecule has 0 unspecified atom stereocenters. The molecule has 0 heterocycles. The van der Waals surface area contributed by atoms with Gasteiger partial charge in [0.05, 0.1) is 6.10 Å². The maximum atomic E-state index is 10.3.